The summed E-state index contributed by atoms with van der Waals surface area (Å²) >= 11 is 12.9. The number of fused-ring (bicyclic) bond motifs is 5. The van der Waals surface area contributed by atoms with Gasteiger partial charge < -0.3 is 19.3 Å². The lowest BCUT2D eigenvalue weighted by Gasteiger charge is -2.51. The van der Waals surface area contributed by atoms with Gasteiger partial charge in [-0.25, -0.2) is 0 Å². The molecular formula is C53H43Cl2N3O8. The van der Waals surface area contributed by atoms with Gasteiger partial charge >= 0.3 is 0 Å². The number of amides is 4. The molecule has 0 radical (unpaired) electrons. The number of nitrogens with zero attached hydrogens (tertiary/aromatic N) is 2. The number of hydrogen-bond donors (Lipinski definition) is 2. The lowest BCUT2D eigenvalue weighted by molar-refractivity contribution is -0.138. The molecule has 10 rings (SSSR count). The first kappa shape index (κ1) is 42.8. The SMILES string of the molecule is COc1ccc(C23C(=O)N(Nc4ccc(Cl)cc4Cl)C(=O)C2CC2C(=CCC4C(=O)N(c5ccc(C=Cc6cc(OC)ccc6OC)cc5)C(=O)C42)C3c2ccc(O)c3ccccc23)cc1. The highest BCUT2D eigenvalue weighted by molar-refractivity contribution is 6.36. The Balaban J connectivity index is 1.08. The number of halogens is 2. The van der Waals surface area contributed by atoms with Crippen LogP contribution in [-0.2, 0) is 24.6 Å². The number of imide groups is 2. The molecule has 4 amide bonds. The van der Waals surface area contributed by atoms with E-state index in [1.807, 2.05) is 85.0 Å². The summed E-state index contributed by atoms with van der Waals surface area (Å²) in [5, 5.41) is 14.0. The number of methoxy groups -OCH3 is 3. The smallest absolute Gasteiger partial charge is 0.260 e. The number of anilines is 2. The summed E-state index contributed by atoms with van der Waals surface area (Å²) in [4.78, 5) is 61.9. The molecule has 0 bridgehead atoms. The number of benzene rings is 6. The molecule has 6 aromatic rings. The molecule has 332 valence electrons. The van der Waals surface area contributed by atoms with Gasteiger partial charge in [0.05, 0.1) is 60.9 Å². The molecule has 11 nitrogen and oxygen atoms in total. The van der Waals surface area contributed by atoms with Crippen LogP contribution in [0.2, 0.25) is 10.0 Å². The first-order valence-corrected chi connectivity index (χ1v) is 22.3. The second kappa shape index (κ2) is 16.7. The van der Waals surface area contributed by atoms with Crippen LogP contribution >= 0.6 is 23.2 Å². The summed E-state index contributed by atoms with van der Waals surface area (Å²) in [6.45, 7) is 0. The van der Waals surface area contributed by atoms with Crippen molar-refractivity contribution in [2.75, 3.05) is 31.7 Å². The Morgan fingerprint density at radius 2 is 1.45 bits per heavy atom. The van der Waals surface area contributed by atoms with Crippen molar-refractivity contribution in [3.05, 3.63) is 165 Å². The van der Waals surface area contributed by atoms with Gasteiger partial charge in [0.15, 0.2) is 0 Å². The van der Waals surface area contributed by atoms with Crippen molar-refractivity contribution in [2.45, 2.75) is 24.2 Å². The first-order chi connectivity index (χ1) is 32.0. The van der Waals surface area contributed by atoms with Crippen LogP contribution in [0.3, 0.4) is 0 Å². The van der Waals surface area contributed by atoms with Crippen molar-refractivity contribution in [1.82, 2.24) is 5.01 Å². The molecule has 1 saturated carbocycles. The number of allylic oxidation sites excluding steroid dienone is 2. The third-order valence-corrected chi connectivity index (χ3v) is 14.4. The first-order valence-electron chi connectivity index (χ1n) is 21.5. The molecule has 66 heavy (non-hydrogen) atoms. The highest BCUT2D eigenvalue weighted by Crippen LogP contribution is 2.65. The Labute approximate surface area is 390 Å². The van der Waals surface area contributed by atoms with Gasteiger partial charge in [0.2, 0.25) is 11.8 Å². The van der Waals surface area contributed by atoms with E-state index in [2.05, 4.69) is 5.43 Å². The largest absolute Gasteiger partial charge is 0.507 e. The number of aromatic hydroxyl groups is 1. The summed E-state index contributed by atoms with van der Waals surface area (Å²) in [7, 11) is 4.76. The number of carbonyl (C=O) groups excluding carboxylic acids is 4. The van der Waals surface area contributed by atoms with E-state index < -0.39 is 46.8 Å². The fourth-order valence-corrected chi connectivity index (χ4v) is 11.3. The van der Waals surface area contributed by atoms with Crippen LogP contribution in [0.1, 0.15) is 41.0 Å². The summed E-state index contributed by atoms with van der Waals surface area (Å²) in [6, 6.07) is 35.4. The molecule has 13 heteroatoms. The van der Waals surface area contributed by atoms with E-state index in [0.717, 1.165) is 21.7 Å². The number of phenols is 1. The third-order valence-electron chi connectivity index (χ3n) is 13.9. The zero-order chi connectivity index (χ0) is 46.0. The quantitative estimate of drug-likeness (QED) is 0.0782. The van der Waals surface area contributed by atoms with E-state index in [1.54, 1.807) is 69.9 Å². The molecule has 2 N–H and O–H groups in total. The van der Waals surface area contributed by atoms with E-state index in [4.69, 9.17) is 37.4 Å². The van der Waals surface area contributed by atoms with Crippen LogP contribution in [0.5, 0.6) is 23.0 Å². The van der Waals surface area contributed by atoms with E-state index in [0.29, 0.717) is 55.5 Å². The van der Waals surface area contributed by atoms with E-state index in [-0.39, 0.29) is 35.4 Å². The fraction of sp³-hybridized carbons (Fsp3) is 0.208. The van der Waals surface area contributed by atoms with Crippen molar-refractivity contribution in [3.8, 4) is 23.0 Å². The van der Waals surface area contributed by atoms with Crippen molar-refractivity contribution < 1.29 is 38.5 Å². The van der Waals surface area contributed by atoms with Gasteiger partial charge in [0.25, 0.3) is 11.8 Å². The summed E-state index contributed by atoms with van der Waals surface area (Å²) in [5.41, 5.74) is 5.88. The number of rotatable bonds is 10. The lowest BCUT2D eigenvalue weighted by Crippen LogP contribution is -2.53. The molecule has 2 saturated heterocycles. The molecule has 2 heterocycles. The lowest BCUT2D eigenvalue weighted by atomic mass is 9.49. The molecular weight excluding hydrogens is 878 g/mol. The maximum Gasteiger partial charge on any atom is 0.260 e. The topological polar surface area (TPSA) is 135 Å². The normalized spacial score (nSPS) is 23.5. The van der Waals surface area contributed by atoms with Crippen molar-refractivity contribution >= 4 is 81.1 Å². The van der Waals surface area contributed by atoms with Gasteiger partial charge in [-0.2, -0.15) is 5.01 Å². The number of nitrogens with one attached hydrogen (secondary N) is 1. The Morgan fingerprint density at radius 3 is 2.17 bits per heavy atom. The maximum atomic E-state index is 15.8. The summed E-state index contributed by atoms with van der Waals surface area (Å²) in [5.74, 6) is -3.76. The molecule has 6 unspecified atom stereocenters. The van der Waals surface area contributed by atoms with Gasteiger partial charge in [-0.15, -0.1) is 0 Å². The molecule has 4 aliphatic rings. The van der Waals surface area contributed by atoms with Crippen molar-refractivity contribution in [3.63, 3.8) is 0 Å². The average molecular weight is 921 g/mol. The van der Waals surface area contributed by atoms with Gasteiger partial charge in [-0.1, -0.05) is 102 Å². The van der Waals surface area contributed by atoms with Gasteiger partial charge in [-0.3, -0.25) is 29.5 Å². The molecule has 3 fully saturated rings. The van der Waals surface area contributed by atoms with Crippen LogP contribution in [0.4, 0.5) is 11.4 Å². The standard InChI is InChI=1S/C53H43Cl2N3O8/c1-64-34-17-12-31(13-18-34)53-42(50(61)58(52(53)63)56-44-23-14-32(54)27-43(44)55)28-41-39(48(53)38-22-24-45(59)37-7-5-4-6-36(37)38)20-21-40-47(41)51(62)57(49(40)60)33-15-9-29(10-16-33)8-11-30-26-35(65-2)19-25-46(30)66-3/h4-20,22-27,40-42,47-48,56,59H,21,28H2,1-3H3. The molecule has 6 aromatic carbocycles. The molecule has 0 spiro atoms. The number of hydrogen-bond acceptors (Lipinski definition) is 9. The van der Waals surface area contributed by atoms with Crippen LogP contribution in [-0.4, -0.2) is 55.1 Å². The Bertz CT molecular complexity index is 3040. The van der Waals surface area contributed by atoms with Crippen molar-refractivity contribution in [1.29, 1.82) is 0 Å². The van der Waals surface area contributed by atoms with E-state index >= 15 is 14.4 Å². The third kappa shape index (κ3) is 6.71. The Morgan fingerprint density at radius 1 is 0.727 bits per heavy atom. The number of hydrazine groups is 1. The molecule has 6 atom stereocenters. The van der Waals surface area contributed by atoms with Gasteiger partial charge in [0.1, 0.15) is 23.0 Å². The second-order valence-electron chi connectivity index (χ2n) is 17.0. The minimum Gasteiger partial charge on any atom is -0.507 e. The number of ether oxygens (including phenoxy) is 3. The van der Waals surface area contributed by atoms with Crippen LogP contribution < -0.4 is 24.5 Å². The van der Waals surface area contributed by atoms with E-state index in [9.17, 15) is 9.90 Å². The highest BCUT2D eigenvalue weighted by Gasteiger charge is 2.70. The zero-order valence-electron chi connectivity index (χ0n) is 36.0. The van der Waals surface area contributed by atoms with Crippen LogP contribution in [0.25, 0.3) is 22.9 Å². The molecule has 2 aliphatic carbocycles. The zero-order valence-corrected chi connectivity index (χ0v) is 37.5. The minimum absolute atomic E-state index is 0.0534. The van der Waals surface area contributed by atoms with Crippen LogP contribution in [0.15, 0.2) is 133 Å². The highest BCUT2D eigenvalue weighted by atomic mass is 35.5. The fourth-order valence-electron chi connectivity index (χ4n) is 10.9. The Hall–Kier alpha value is -7.08. The predicted octanol–water partition coefficient (Wildman–Crippen LogP) is 10.2. The summed E-state index contributed by atoms with van der Waals surface area (Å²) < 4.78 is 16.5. The molecule has 2 aliphatic heterocycles. The minimum atomic E-state index is -1.58. The average Bonchev–Trinajstić information content (AvgIpc) is 3.72. The number of phenolic OH excluding ortho intramolecular Hbond substituents is 1. The maximum absolute atomic E-state index is 15.8. The predicted molar refractivity (Wildman–Crippen MR) is 254 cm³/mol. The van der Waals surface area contributed by atoms with Gasteiger partial charge in [0, 0.05) is 21.9 Å². The summed E-state index contributed by atoms with van der Waals surface area (Å²) in [6.07, 6.45) is 6.16. The van der Waals surface area contributed by atoms with E-state index in [1.165, 1.54) is 11.0 Å². The van der Waals surface area contributed by atoms with Crippen LogP contribution in [0, 0.1) is 23.7 Å². The monoisotopic (exact) mass is 919 g/mol. The second-order valence-corrected chi connectivity index (χ2v) is 17.8. The number of carbonyl (C=O) groups is 4. The molecule has 0 aromatic heterocycles. The van der Waals surface area contributed by atoms with Gasteiger partial charge in [-0.05, 0) is 108 Å². The Kier molecular flexibility index (Phi) is 10.9. The van der Waals surface area contributed by atoms with Crippen molar-refractivity contribution in [2.24, 2.45) is 23.7 Å².